The molecule has 0 aliphatic rings. The summed E-state index contributed by atoms with van der Waals surface area (Å²) in [5, 5.41) is 3.81. The van der Waals surface area contributed by atoms with Gasteiger partial charge in [-0.1, -0.05) is 12.1 Å². The van der Waals surface area contributed by atoms with E-state index < -0.39 is 23.2 Å². The van der Waals surface area contributed by atoms with Gasteiger partial charge in [-0.05, 0) is 20.3 Å². The minimum atomic E-state index is -4.81. The molecule has 3 aromatic heterocycles. The van der Waals surface area contributed by atoms with Crippen LogP contribution in [0.1, 0.15) is 36.2 Å². The highest BCUT2D eigenvalue weighted by Gasteiger charge is 2.39. The molecule has 3 aromatic rings. The van der Waals surface area contributed by atoms with Gasteiger partial charge in [-0.2, -0.15) is 13.2 Å². The van der Waals surface area contributed by atoms with Gasteiger partial charge in [-0.25, -0.2) is 9.78 Å². The van der Waals surface area contributed by atoms with E-state index in [1.807, 2.05) is 0 Å². The molecule has 12 heteroatoms. The molecule has 0 atom stereocenters. The quantitative estimate of drug-likeness (QED) is 0.571. The van der Waals surface area contributed by atoms with E-state index in [4.69, 9.17) is 9.26 Å². The lowest BCUT2D eigenvalue weighted by Crippen LogP contribution is -2.41. The number of alkyl halides is 3. The highest BCUT2D eigenvalue weighted by Crippen LogP contribution is 2.30. The monoisotopic (exact) mass is 429 g/mol. The fraction of sp³-hybridized carbons (Fsp3) is 0.556. The zero-order chi connectivity index (χ0) is 22.2. The number of aryl methyl sites for hydroxylation is 3. The van der Waals surface area contributed by atoms with Crippen LogP contribution in [0.5, 0.6) is 0 Å². The maximum Gasteiger partial charge on any atom is 0.449 e. The number of rotatable bonds is 7. The van der Waals surface area contributed by atoms with Crippen molar-refractivity contribution in [2.75, 3.05) is 13.7 Å². The molecule has 164 valence electrons. The predicted molar refractivity (Wildman–Crippen MR) is 101 cm³/mol. The highest BCUT2D eigenvalue weighted by molar-refractivity contribution is 5.71. The number of fused-ring (bicyclic) bond motifs is 1. The molecular weight excluding hydrogens is 407 g/mol. The van der Waals surface area contributed by atoms with Crippen molar-refractivity contribution in [2.45, 2.75) is 53.0 Å². The standard InChI is InChI=1S/C18H22F3N5O4/c1-5-6-25-14-13(24(7-8-29-4)16(22-14)18(19,20)21)15(27)26(17(25)28)9-12-10(2)23-30-11(12)3/h5-9H2,1-4H3. The van der Waals surface area contributed by atoms with Gasteiger partial charge in [0.25, 0.3) is 5.56 Å². The van der Waals surface area contributed by atoms with Gasteiger partial charge in [0.1, 0.15) is 5.76 Å². The van der Waals surface area contributed by atoms with E-state index in [9.17, 15) is 22.8 Å². The fourth-order valence-electron chi connectivity index (χ4n) is 3.36. The lowest BCUT2D eigenvalue weighted by Gasteiger charge is -2.13. The van der Waals surface area contributed by atoms with Gasteiger partial charge in [0.2, 0.25) is 5.82 Å². The number of aromatic nitrogens is 5. The molecule has 0 aliphatic heterocycles. The number of imidazole rings is 1. The summed E-state index contributed by atoms with van der Waals surface area (Å²) in [5.41, 5.74) is -1.16. The number of halogens is 3. The molecule has 0 N–H and O–H groups in total. The van der Waals surface area contributed by atoms with Crippen LogP contribution >= 0.6 is 0 Å². The Morgan fingerprint density at radius 2 is 1.80 bits per heavy atom. The van der Waals surface area contributed by atoms with E-state index in [-0.39, 0.29) is 37.4 Å². The zero-order valence-electron chi connectivity index (χ0n) is 17.0. The van der Waals surface area contributed by atoms with Gasteiger partial charge >= 0.3 is 11.9 Å². The molecule has 0 saturated carbocycles. The Balaban J connectivity index is 2.38. The van der Waals surface area contributed by atoms with Gasteiger partial charge in [-0.15, -0.1) is 0 Å². The van der Waals surface area contributed by atoms with Crippen molar-refractivity contribution in [3.05, 3.63) is 43.7 Å². The van der Waals surface area contributed by atoms with Crippen molar-refractivity contribution in [1.82, 2.24) is 23.8 Å². The summed E-state index contributed by atoms with van der Waals surface area (Å²) in [7, 11) is 1.34. The second kappa shape index (κ2) is 8.09. The Morgan fingerprint density at radius 1 is 1.10 bits per heavy atom. The van der Waals surface area contributed by atoms with Crippen LogP contribution < -0.4 is 11.2 Å². The molecule has 0 aliphatic carbocycles. The van der Waals surface area contributed by atoms with Crippen molar-refractivity contribution in [3.63, 3.8) is 0 Å². The summed E-state index contributed by atoms with van der Waals surface area (Å²) >= 11 is 0. The number of methoxy groups -OCH3 is 1. The van der Waals surface area contributed by atoms with Gasteiger partial charge < -0.3 is 13.8 Å². The zero-order valence-corrected chi connectivity index (χ0v) is 17.0. The molecule has 0 bridgehead atoms. The summed E-state index contributed by atoms with van der Waals surface area (Å²) in [5.74, 6) is -0.823. The molecule has 0 saturated heterocycles. The molecular formula is C18H22F3N5O4. The Kier molecular flexibility index (Phi) is 5.88. The molecule has 3 rings (SSSR count). The molecule has 9 nitrogen and oxygen atoms in total. The minimum absolute atomic E-state index is 0.0647. The van der Waals surface area contributed by atoms with Crippen LogP contribution in [0.15, 0.2) is 14.1 Å². The lowest BCUT2D eigenvalue weighted by atomic mass is 10.2. The third kappa shape index (κ3) is 3.66. The van der Waals surface area contributed by atoms with Crippen molar-refractivity contribution in [2.24, 2.45) is 0 Å². The summed E-state index contributed by atoms with van der Waals surface area (Å²) in [6.45, 7) is 4.69. The van der Waals surface area contributed by atoms with Crippen molar-refractivity contribution in [1.29, 1.82) is 0 Å². The smallest absolute Gasteiger partial charge is 0.383 e. The largest absolute Gasteiger partial charge is 0.449 e. The SMILES string of the molecule is CCCn1c(=O)n(Cc2c(C)noc2C)c(=O)c2c1nc(C(F)(F)F)n2CCOC. The Hall–Kier alpha value is -2.89. The maximum absolute atomic E-state index is 13.6. The number of hydrogen-bond acceptors (Lipinski definition) is 6. The van der Waals surface area contributed by atoms with E-state index >= 15 is 0 Å². The third-order valence-corrected chi connectivity index (χ3v) is 4.83. The molecule has 0 amide bonds. The maximum atomic E-state index is 13.6. The highest BCUT2D eigenvalue weighted by atomic mass is 19.4. The summed E-state index contributed by atoms with van der Waals surface area (Å²) in [4.78, 5) is 29.9. The first-order chi connectivity index (χ1) is 14.1. The van der Waals surface area contributed by atoms with Crippen LogP contribution in [0, 0.1) is 13.8 Å². The first kappa shape index (κ1) is 21.8. The van der Waals surface area contributed by atoms with E-state index in [1.54, 1.807) is 20.8 Å². The van der Waals surface area contributed by atoms with E-state index in [1.165, 1.54) is 7.11 Å². The van der Waals surface area contributed by atoms with Gasteiger partial charge in [0.05, 0.1) is 18.8 Å². The fourth-order valence-corrected chi connectivity index (χ4v) is 3.36. The number of ether oxygens (including phenoxy) is 1. The van der Waals surface area contributed by atoms with Crippen LogP contribution in [0.25, 0.3) is 11.2 Å². The molecule has 0 radical (unpaired) electrons. The molecule has 0 spiro atoms. The van der Waals surface area contributed by atoms with Crippen LogP contribution in [0.2, 0.25) is 0 Å². The average Bonchev–Trinajstić information content (AvgIpc) is 3.21. The van der Waals surface area contributed by atoms with Crippen LogP contribution in [0.3, 0.4) is 0 Å². The van der Waals surface area contributed by atoms with Gasteiger partial charge in [0, 0.05) is 25.8 Å². The Labute approximate surface area is 168 Å². The second-order valence-corrected chi connectivity index (χ2v) is 6.88. The first-order valence-corrected chi connectivity index (χ1v) is 9.33. The molecule has 3 heterocycles. The van der Waals surface area contributed by atoms with E-state index in [0.29, 0.717) is 23.4 Å². The van der Waals surface area contributed by atoms with Crippen molar-refractivity contribution < 1.29 is 22.4 Å². The Bertz CT molecular complexity index is 1170. The van der Waals surface area contributed by atoms with E-state index in [0.717, 1.165) is 13.7 Å². The summed E-state index contributed by atoms with van der Waals surface area (Å²) in [6.07, 6.45) is -4.34. The normalized spacial score (nSPS) is 12.2. The van der Waals surface area contributed by atoms with Gasteiger partial charge in [-0.3, -0.25) is 13.9 Å². The average molecular weight is 429 g/mol. The van der Waals surface area contributed by atoms with Crippen molar-refractivity contribution in [3.8, 4) is 0 Å². The third-order valence-electron chi connectivity index (χ3n) is 4.83. The van der Waals surface area contributed by atoms with Crippen LogP contribution in [0.4, 0.5) is 13.2 Å². The number of hydrogen-bond donors (Lipinski definition) is 0. The first-order valence-electron chi connectivity index (χ1n) is 9.33. The predicted octanol–water partition coefficient (Wildman–Crippen LogP) is 2.09. The van der Waals surface area contributed by atoms with Gasteiger partial charge in [0.15, 0.2) is 11.2 Å². The lowest BCUT2D eigenvalue weighted by molar-refractivity contribution is -0.147. The second-order valence-electron chi connectivity index (χ2n) is 6.88. The molecule has 30 heavy (non-hydrogen) atoms. The van der Waals surface area contributed by atoms with E-state index in [2.05, 4.69) is 10.1 Å². The summed E-state index contributed by atoms with van der Waals surface area (Å²) in [6, 6.07) is 0. The minimum Gasteiger partial charge on any atom is -0.383 e. The summed E-state index contributed by atoms with van der Waals surface area (Å²) < 4.78 is 53.7. The van der Waals surface area contributed by atoms with Crippen LogP contribution in [-0.2, 0) is 30.5 Å². The topological polar surface area (TPSA) is 97.1 Å². The molecule has 0 unspecified atom stereocenters. The molecule has 0 fully saturated rings. The van der Waals surface area contributed by atoms with Crippen molar-refractivity contribution >= 4 is 11.2 Å². The van der Waals surface area contributed by atoms with Crippen LogP contribution in [-0.4, -0.2) is 37.6 Å². The Morgan fingerprint density at radius 3 is 2.33 bits per heavy atom. The number of nitrogens with zero attached hydrogens (tertiary/aromatic N) is 5. The molecule has 0 aromatic carbocycles.